The summed E-state index contributed by atoms with van der Waals surface area (Å²) in [6, 6.07) is 13.9. The summed E-state index contributed by atoms with van der Waals surface area (Å²) in [5.41, 5.74) is 2.04. The van der Waals surface area contributed by atoms with Crippen molar-refractivity contribution in [2.45, 2.75) is 26.7 Å². The fourth-order valence-electron chi connectivity index (χ4n) is 3.64. The molecule has 2 aromatic heterocycles. The zero-order valence-corrected chi connectivity index (χ0v) is 17.3. The van der Waals surface area contributed by atoms with Crippen molar-refractivity contribution >= 4 is 17.4 Å². The molecule has 6 nitrogen and oxygen atoms in total. The smallest absolute Gasteiger partial charge is 0.261 e. The SMILES string of the molecule is CC1(C)CC(=O)c2cc(C(=O)Nc3cccc(C#Cc4ccccn4)c3)c(=O)[nH]c2C1. The van der Waals surface area contributed by atoms with E-state index in [1.807, 2.05) is 38.1 Å². The Bertz CT molecular complexity index is 1290. The van der Waals surface area contributed by atoms with E-state index in [0.717, 1.165) is 0 Å². The molecule has 2 N–H and O–H groups in total. The number of rotatable bonds is 2. The first-order chi connectivity index (χ1) is 14.8. The van der Waals surface area contributed by atoms with Gasteiger partial charge in [-0.15, -0.1) is 0 Å². The van der Waals surface area contributed by atoms with Crippen LogP contribution < -0.4 is 10.9 Å². The minimum absolute atomic E-state index is 0.0663. The van der Waals surface area contributed by atoms with Gasteiger partial charge in [0.1, 0.15) is 11.3 Å². The third kappa shape index (κ3) is 4.62. The molecule has 1 aliphatic rings. The zero-order chi connectivity index (χ0) is 22.0. The van der Waals surface area contributed by atoms with Gasteiger partial charge in [-0.05, 0) is 54.2 Å². The van der Waals surface area contributed by atoms with E-state index in [-0.39, 0.29) is 16.8 Å². The monoisotopic (exact) mass is 411 g/mol. The Morgan fingerprint density at radius 2 is 1.90 bits per heavy atom. The molecule has 0 atom stereocenters. The molecule has 1 amide bonds. The van der Waals surface area contributed by atoms with Crippen LogP contribution in [-0.4, -0.2) is 21.7 Å². The average molecular weight is 411 g/mol. The highest BCUT2D eigenvalue weighted by Crippen LogP contribution is 2.33. The molecular weight excluding hydrogens is 390 g/mol. The number of aromatic amines is 1. The normalized spacial score (nSPS) is 14.2. The minimum Gasteiger partial charge on any atom is -0.325 e. The second-order valence-electron chi connectivity index (χ2n) is 8.35. The van der Waals surface area contributed by atoms with E-state index in [4.69, 9.17) is 0 Å². The van der Waals surface area contributed by atoms with E-state index in [2.05, 4.69) is 27.1 Å². The van der Waals surface area contributed by atoms with Gasteiger partial charge in [0, 0.05) is 35.1 Å². The summed E-state index contributed by atoms with van der Waals surface area (Å²) >= 11 is 0. The highest BCUT2D eigenvalue weighted by Gasteiger charge is 2.32. The Hall–Kier alpha value is -3.98. The number of nitrogens with zero attached hydrogens (tertiary/aromatic N) is 1. The summed E-state index contributed by atoms with van der Waals surface area (Å²) in [6.07, 6.45) is 2.63. The summed E-state index contributed by atoms with van der Waals surface area (Å²) < 4.78 is 0. The fourth-order valence-corrected chi connectivity index (χ4v) is 3.64. The number of carbonyl (C=O) groups is 2. The number of H-pyrrole nitrogens is 1. The van der Waals surface area contributed by atoms with Crippen molar-refractivity contribution in [3.05, 3.63) is 93.2 Å². The number of amides is 1. The molecule has 31 heavy (non-hydrogen) atoms. The maximum absolute atomic E-state index is 12.8. The molecular formula is C25H21N3O3. The van der Waals surface area contributed by atoms with E-state index in [1.54, 1.807) is 24.4 Å². The summed E-state index contributed by atoms with van der Waals surface area (Å²) in [5, 5.41) is 2.72. The lowest BCUT2D eigenvalue weighted by Crippen LogP contribution is -2.32. The van der Waals surface area contributed by atoms with Crippen LogP contribution in [0.3, 0.4) is 0 Å². The molecule has 0 spiro atoms. The van der Waals surface area contributed by atoms with Crippen molar-refractivity contribution in [3.63, 3.8) is 0 Å². The number of nitrogens with one attached hydrogen (secondary N) is 2. The van der Waals surface area contributed by atoms with E-state index in [1.165, 1.54) is 6.07 Å². The second-order valence-corrected chi connectivity index (χ2v) is 8.35. The first-order valence-corrected chi connectivity index (χ1v) is 9.95. The van der Waals surface area contributed by atoms with E-state index in [0.29, 0.717) is 41.0 Å². The van der Waals surface area contributed by atoms with Gasteiger partial charge in [-0.25, -0.2) is 4.98 Å². The molecule has 0 bridgehead atoms. The second kappa shape index (κ2) is 8.04. The van der Waals surface area contributed by atoms with Gasteiger partial charge in [-0.1, -0.05) is 31.9 Å². The largest absolute Gasteiger partial charge is 0.325 e. The van der Waals surface area contributed by atoms with Crippen LogP contribution in [0.2, 0.25) is 0 Å². The van der Waals surface area contributed by atoms with Crippen molar-refractivity contribution < 1.29 is 9.59 Å². The Balaban J connectivity index is 1.57. The maximum atomic E-state index is 12.8. The number of Topliss-reactive ketones (excluding diaryl/α,β-unsaturated/α-hetero) is 1. The molecule has 0 radical (unpaired) electrons. The van der Waals surface area contributed by atoms with Gasteiger partial charge in [0.05, 0.1) is 0 Å². The van der Waals surface area contributed by atoms with Gasteiger partial charge in [0.2, 0.25) is 0 Å². The average Bonchev–Trinajstić information content (AvgIpc) is 2.72. The number of anilines is 1. The van der Waals surface area contributed by atoms with Crippen molar-refractivity contribution in [2.75, 3.05) is 5.32 Å². The lowest BCUT2D eigenvalue weighted by atomic mass is 9.75. The number of aromatic nitrogens is 2. The predicted octanol–water partition coefficient (Wildman–Crippen LogP) is 3.58. The molecule has 2 heterocycles. The zero-order valence-electron chi connectivity index (χ0n) is 17.3. The van der Waals surface area contributed by atoms with Crippen LogP contribution in [0.25, 0.3) is 0 Å². The highest BCUT2D eigenvalue weighted by atomic mass is 16.2. The third-order valence-electron chi connectivity index (χ3n) is 5.08. The van der Waals surface area contributed by atoms with Crippen LogP contribution in [-0.2, 0) is 6.42 Å². The van der Waals surface area contributed by atoms with E-state index >= 15 is 0 Å². The van der Waals surface area contributed by atoms with Gasteiger partial charge >= 0.3 is 0 Å². The van der Waals surface area contributed by atoms with Gasteiger partial charge in [0.25, 0.3) is 11.5 Å². The Labute approximate surface area is 179 Å². The summed E-state index contributed by atoms with van der Waals surface area (Å²) in [6.45, 7) is 3.97. The lowest BCUT2D eigenvalue weighted by Gasteiger charge is -2.29. The molecule has 1 aliphatic carbocycles. The topological polar surface area (TPSA) is 91.9 Å². The standard InChI is InChI=1S/C25H21N3O3/c1-25(2)14-21-19(22(29)15-25)13-20(24(31)28-21)23(30)27-18-8-5-6-16(12-18)9-10-17-7-3-4-11-26-17/h3-8,11-13H,14-15H2,1-2H3,(H,27,30)(H,28,31). The van der Waals surface area contributed by atoms with Crippen LogP contribution >= 0.6 is 0 Å². The summed E-state index contributed by atoms with van der Waals surface area (Å²) in [4.78, 5) is 44.7. The van der Waals surface area contributed by atoms with Gasteiger partial charge < -0.3 is 10.3 Å². The number of pyridine rings is 2. The minimum atomic E-state index is -0.573. The molecule has 1 aromatic carbocycles. The van der Waals surface area contributed by atoms with Gasteiger partial charge in [-0.2, -0.15) is 0 Å². The van der Waals surface area contributed by atoms with Crippen LogP contribution in [0, 0.1) is 17.3 Å². The molecule has 6 heteroatoms. The Morgan fingerprint density at radius 1 is 1.06 bits per heavy atom. The van der Waals surface area contributed by atoms with Crippen LogP contribution in [0.5, 0.6) is 0 Å². The van der Waals surface area contributed by atoms with E-state index < -0.39 is 11.5 Å². The Kier molecular flexibility index (Phi) is 5.26. The fraction of sp³-hybridized carbons (Fsp3) is 0.200. The molecule has 3 aromatic rings. The number of ketones is 1. The van der Waals surface area contributed by atoms with Crippen LogP contribution in [0.1, 0.15) is 57.9 Å². The predicted molar refractivity (Wildman–Crippen MR) is 118 cm³/mol. The number of hydrogen-bond acceptors (Lipinski definition) is 4. The molecule has 0 saturated carbocycles. The summed E-state index contributed by atoms with van der Waals surface area (Å²) in [7, 11) is 0. The van der Waals surface area contributed by atoms with E-state index in [9.17, 15) is 14.4 Å². The molecule has 0 unspecified atom stereocenters. The maximum Gasteiger partial charge on any atom is 0.261 e. The van der Waals surface area contributed by atoms with Crippen molar-refractivity contribution in [3.8, 4) is 11.8 Å². The van der Waals surface area contributed by atoms with Crippen molar-refractivity contribution in [1.82, 2.24) is 9.97 Å². The number of carbonyl (C=O) groups excluding carboxylic acids is 2. The molecule has 154 valence electrons. The van der Waals surface area contributed by atoms with Crippen LogP contribution in [0.4, 0.5) is 5.69 Å². The summed E-state index contributed by atoms with van der Waals surface area (Å²) in [5.74, 6) is 5.33. The Morgan fingerprint density at radius 3 is 2.68 bits per heavy atom. The number of benzene rings is 1. The molecule has 0 aliphatic heterocycles. The van der Waals surface area contributed by atoms with Crippen molar-refractivity contribution in [1.29, 1.82) is 0 Å². The molecule has 4 rings (SSSR count). The molecule has 0 saturated heterocycles. The van der Waals surface area contributed by atoms with Crippen molar-refractivity contribution in [2.24, 2.45) is 5.41 Å². The number of fused-ring (bicyclic) bond motifs is 1. The number of hydrogen-bond donors (Lipinski definition) is 2. The lowest BCUT2D eigenvalue weighted by molar-refractivity contribution is 0.0910. The third-order valence-corrected chi connectivity index (χ3v) is 5.08. The highest BCUT2D eigenvalue weighted by molar-refractivity contribution is 6.06. The van der Waals surface area contributed by atoms with Gasteiger partial charge in [0.15, 0.2) is 5.78 Å². The quantitative estimate of drug-likeness (QED) is 0.631. The molecule has 0 fully saturated rings. The van der Waals surface area contributed by atoms with Crippen LogP contribution in [0.15, 0.2) is 59.5 Å². The first kappa shape index (κ1) is 20.3. The van der Waals surface area contributed by atoms with Gasteiger partial charge in [-0.3, -0.25) is 14.4 Å². The first-order valence-electron chi connectivity index (χ1n) is 9.95.